The standard InChI is InChI=1S/C20H30N2O3/c1-14-10-17(14)19(24)21-9-8-18(23)22-12-15-6-5-7-16(11-15)13-25-20(2,3)4/h5-7,11,14,17H,8-10,12-13H2,1-4H3,(H,21,24)(H,22,23). The lowest BCUT2D eigenvalue weighted by molar-refractivity contribution is -0.123. The van der Waals surface area contributed by atoms with Crippen LogP contribution < -0.4 is 10.6 Å². The molecule has 0 spiro atoms. The molecule has 1 saturated carbocycles. The minimum absolute atomic E-state index is 0.0551. The van der Waals surface area contributed by atoms with Crippen molar-refractivity contribution in [3.63, 3.8) is 0 Å². The summed E-state index contributed by atoms with van der Waals surface area (Å²) in [6.45, 7) is 9.58. The molecule has 0 aliphatic heterocycles. The Balaban J connectivity index is 1.67. The molecule has 5 heteroatoms. The third-order valence-electron chi connectivity index (χ3n) is 4.25. The molecule has 0 bridgehead atoms. The molecule has 2 amide bonds. The van der Waals surface area contributed by atoms with Crippen LogP contribution in [0.2, 0.25) is 0 Å². The summed E-state index contributed by atoms with van der Waals surface area (Å²) in [5, 5.41) is 5.72. The third-order valence-corrected chi connectivity index (χ3v) is 4.25. The number of ether oxygens (including phenoxy) is 1. The first kappa shape index (κ1) is 19.4. The van der Waals surface area contributed by atoms with E-state index < -0.39 is 0 Å². The zero-order valence-electron chi connectivity index (χ0n) is 15.7. The largest absolute Gasteiger partial charge is 0.371 e. The van der Waals surface area contributed by atoms with E-state index in [4.69, 9.17) is 4.74 Å². The molecule has 5 nitrogen and oxygen atoms in total. The molecule has 1 aromatic rings. The van der Waals surface area contributed by atoms with Gasteiger partial charge in [-0.2, -0.15) is 0 Å². The molecular weight excluding hydrogens is 316 g/mol. The number of amides is 2. The molecule has 0 radical (unpaired) electrons. The quantitative estimate of drug-likeness (QED) is 0.760. The van der Waals surface area contributed by atoms with Crippen molar-refractivity contribution in [2.24, 2.45) is 11.8 Å². The Hall–Kier alpha value is -1.88. The topological polar surface area (TPSA) is 67.4 Å². The van der Waals surface area contributed by atoms with Crippen molar-refractivity contribution < 1.29 is 14.3 Å². The molecular formula is C20H30N2O3. The van der Waals surface area contributed by atoms with E-state index in [2.05, 4.69) is 17.6 Å². The highest BCUT2D eigenvalue weighted by atomic mass is 16.5. The summed E-state index contributed by atoms with van der Waals surface area (Å²) in [5.74, 6) is 0.664. The van der Waals surface area contributed by atoms with Gasteiger partial charge in [0.05, 0.1) is 12.2 Å². The number of carbonyl (C=O) groups excluding carboxylic acids is 2. The minimum Gasteiger partial charge on any atom is -0.371 e. The van der Waals surface area contributed by atoms with Crippen LogP contribution in [0, 0.1) is 11.8 Å². The lowest BCUT2D eigenvalue weighted by Crippen LogP contribution is -2.31. The zero-order valence-corrected chi connectivity index (χ0v) is 15.7. The average molecular weight is 346 g/mol. The molecule has 0 saturated heterocycles. The minimum atomic E-state index is -0.174. The maximum absolute atomic E-state index is 11.9. The molecule has 1 fully saturated rings. The smallest absolute Gasteiger partial charge is 0.223 e. The summed E-state index contributed by atoms with van der Waals surface area (Å²) in [4.78, 5) is 23.6. The molecule has 25 heavy (non-hydrogen) atoms. The molecule has 1 aliphatic carbocycles. The van der Waals surface area contributed by atoms with Crippen LogP contribution in [0.1, 0.15) is 51.7 Å². The summed E-state index contributed by atoms with van der Waals surface area (Å²) in [6, 6.07) is 8.02. The molecule has 0 heterocycles. The van der Waals surface area contributed by atoms with Gasteiger partial charge in [-0.15, -0.1) is 0 Å². The maximum Gasteiger partial charge on any atom is 0.223 e. The van der Waals surface area contributed by atoms with Gasteiger partial charge in [0, 0.05) is 25.4 Å². The number of hydrogen-bond acceptors (Lipinski definition) is 3. The second-order valence-electron chi connectivity index (χ2n) is 7.86. The SMILES string of the molecule is CC1CC1C(=O)NCCC(=O)NCc1cccc(COC(C)(C)C)c1. The van der Waals surface area contributed by atoms with E-state index in [9.17, 15) is 9.59 Å². The van der Waals surface area contributed by atoms with Gasteiger partial charge in [-0.25, -0.2) is 0 Å². The van der Waals surface area contributed by atoms with E-state index in [1.54, 1.807) is 0 Å². The van der Waals surface area contributed by atoms with Crippen molar-refractivity contribution in [1.29, 1.82) is 0 Å². The van der Waals surface area contributed by atoms with Crippen molar-refractivity contribution in [2.75, 3.05) is 6.54 Å². The van der Waals surface area contributed by atoms with E-state index in [1.807, 2.05) is 45.0 Å². The van der Waals surface area contributed by atoms with Crippen LogP contribution in [0.4, 0.5) is 0 Å². The number of nitrogens with one attached hydrogen (secondary N) is 2. The predicted octanol–water partition coefficient (Wildman–Crippen LogP) is 2.78. The molecule has 2 rings (SSSR count). The van der Waals surface area contributed by atoms with Crippen LogP contribution in [0.3, 0.4) is 0 Å². The summed E-state index contributed by atoms with van der Waals surface area (Å²) in [5.41, 5.74) is 1.96. The number of carbonyl (C=O) groups is 2. The Morgan fingerprint density at radius 3 is 2.52 bits per heavy atom. The third kappa shape index (κ3) is 7.26. The van der Waals surface area contributed by atoms with E-state index in [1.165, 1.54) is 0 Å². The van der Waals surface area contributed by atoms with Crippen LogP contribution in [-0.4, -0.2) is 24.0 Å². The second-order valence-corrected chi connectivity index (χ2v) is 7.86. The fourth-order valence-corrected chi connectivity index (χ4v) is 2.54. The highest BCUT2D eigenvalue weighted by Gasteiger charge is 2.38. The van der Waals surface area contributed by atoms with Crippen LogP contribution >= 0.6 is 0 Å². The van der Waals surface area contributed by atoms with Gasteiger partial charge in [0.1, 0.15) is 0 Å². The zero-order chi connectivity index (χ0) is 18.4. The normalized spacial score (nSPS) is 19.4. The van der Waals surface area contributed by atoms with Gasteiger partial charge in [-0.3, -0.25) is 9.59 Å². The Kier molecular flexibility index (Phi) is 6.59. The van der Waals surface area contributed by atoms with Gasteiger partial charge in [0.15, 0.2) is 0 Å². The Labute approximate surface area is 150 Å². The van der Waals surface area contributed by atoms with Gasteiger partial charge in [-0.1, -0.05) is 31.2 Å². The van der Waals surface area contributed by atoms with Crippen molar-refractivity contribution in [3.05, 3.63) is 35.4 Å². The van der Waals surface area contributed by atoms with Gasteiger partial charge < -0.3 is 15.4 Å². The van der Waals surface area contributed by atoms with Crippen molar-refractivity contribution >= 4 is 11.8 Å². The van der Waals surface area contributed by atoms with Gasteiger partial charge in [0.2, 0.25) is 11.8 Å². The van der Waals surface area contributed by atoms with Crippen molar-refractivity contribution in [2.45, 2.75) is 59.3 Å². The van der Waals surface area contributed by atoms with Gasteiger partial charge in [0.25, 0.3) is 0 Å². The molecule has 2 unspecified atom stereocenters. The lowest BCUT2D eigenvalue weighted by atomic mass is 10.1. The van der Waals surface area contributed by atoms with E-state index in [-0.39, 0.29) is 23.3 Å². The Bertz CT molecular complexity index is 607. The summed E-state index contributed by atoms with van der Waals surface area (Å²) in [6.07, 6.45) is 1.27. The van der Waals surface area contributed by atoms with E-state index in [0.29, 0.717) is 32.0 Å². The molecule has 2 N–H and O–H groups in total. The molecule has 138 valence electrons. The fourth-order valence-electron chi connectivity index (χ4n) is 2.54. The highest BCUT2D eigenvalue weighted by Crippen LogP contribution is 2.37. The van der Waals surface area contributed by atoms with E-state index in [0.717, 1.165) is 17.5 Å². The van der Waals surface area contributed by atoms with Crippen LogP contribution in [0.25, 0.3) is 0 Å². The van der Waals surface area contributed by atoms with E-state index >= 15 is 0 Å². The van der Waals surface area contributed by atoms with Crippen LogP contribution in [-0.2, 0) is 27.5 Å². The molecule has 1 aliphatic rings. The molecule has 2 atom stereocenters. The first-order valence-corrected chi connectivity index (χ1v) is 9.01. The summed E-state index contributed by atoms with van der Waals surface area (Å²) in [7, 11) is 0. The van der Waals surface area contributed by atoms with Crippen molar-refractivity contribution in [3.8, 4) is 0 Å². The lowest BCUT2D eigenvalue weighted by Gasteiger charge is -2.19. The van der Waals surface area contributed by atoms with Crippen LogP contribution in [0.5, 0.6) is 0 Å². The number of benzene rings is 1. The molecule has 0 aromatic heterocycles. The molecule has 1 aromatic carbocycles. The highest BCUT2D eigenvalue weighted by molar-refractivity contribution is 5.82. The Morgan fingerprint density at radius 2 is 1.88 bits per heavy atom. The fraction of sp³-hybridized carbons (Fsp3) is 0.600. The van der Waals surface area contributed by atoms with Crippen molar-refractivity contribution in [1.82, 2.24) is 10.6 Å². The Morgan fingerprint density at radius 1 is 1.20 bits per heavy atom. The number of rotatable bonds is 8. The monoisotopic (exact) mass is 346 g/mol. The maximum atomic E-state index is 11.9. The second kappa shape index (κ2) is 8.48. The average Bonchev–Trinajstić information content (AvgIpc) is 3.28. The summed E-state index contributed by atoms with van der Waals surface area (Å²) < 4.78 is 5.78. The first-order valence-electron chi connectivity index (χ1n) is 9.01. The number of hydrogen-bond donors (Lipinski definition) is 2. The van der Waals surface area contributed by atoms with Gasteiger partial charge in [-0.05, 0) is 44.2 Å². The van der Waals surface area contributed by atoms with Crippen LogP contribution in [0.15, 0.2) is 24.3 Å². The van der Waals surface area contributed by atoms with Gasteiger partial charge >= 0.3 is 0 Å². The summed E-state index contributed by atoms with van der Waals surface area (Å²) >= 11 is 0. The predicted molar refractivity (Wildman–Crippen MR) is 97.7 cm³/mol. The first-order chi connectivity index (χ1) is 11.7.